The molecule has 0 unspecified atom stereocenters. The van der Waals surface area contributed by atoms with Crippen molar-refractivity contribution in [1.82, 2.24) is 0 Å². The van der Waals surface area contributed by atoms with Crippen LogP contribution in [0.1, 0.15) is 5.56 Å². The van der Waals surface area contributed by atoms with Crippen molar-refractivity contribution in [3.8, 4) is 11.5 Å². The van der Waals surface area contributed by atoms with Crippen LogP contribution >= 0.6 is 27.5 Å². The second kappa shape index (κ2) is 6.11. The molecule has 1 N–H and O–H groups in total. The lowest BCUT2D eigenvalue weighted by molar-refractivity contribution is -0.385. The zero-order chi connectivity index (χ0) is 15.6. The number of aliphatic imine (C=N–C) groups is 1. The summed E-state index contributed by atoms with van der Waals surface area (Å²) in [5.41, 5.74) is -0.0572. The third-order valence-electron chi connectivity index (χ3n) is 2.55. The Labute approximate surface area is 132 Å². The van der Waals surface area contributed by atoms with Gasteiger partial charge in [0.25, 0.3) is 5.69 Å². The molecule has 0 amide bonds. The van der Waals surface area contributed by atoms with Crippen LogP contribution in [-0.2, 0) is 0 Å². The van der Waals surface area contributed by atoms with Crippen molar-refractivity contribution in [2.24, 2.45) is 4.99 Å². The van der Waals surface area contributed by atoms with Crippen LogP contribution in [0, 0.1) is 10.1 Å². The van der Waals surface area contributed by atoms with Crippen molar-refractivity contribution in [3.05, 3.63) is 55.5 Å². The summed E-state index contributed by atoms with van der Waals surface area (Å²) in [6, 6.07) is 6.48. The number of nitro benzene ring substituents is 1. The molecule has 21 heavy (non-hydrogen) atoms. The summed E-state index contributed by atoms with van der Waals surface area (Å²) < 4.78 is 0.0634. The largest absolute Gasteiger partial charge is 0.871 e. The van der Waals surface area contributed by atoms with Gasteiger partial charge in [0.1, 0.15) is 11.4 Å². The number of halogens is 2. The molecule has 6 nitrogen and oxygen atoms in total. The predicted octanol–water partition coefficient (Wildman–Crippen LogP) is 3.54. The number of hydrogen-bond acceptors (Lipinski definition) is 5. The highest BCUT2D eigenvalue weighted by Crippen LogP contribution is 2.32. The second-order valence-electron chi connectivity index (χ2n) is 3.99. The van der Waals surface area contributed by atoms with Gasteiger partial charge in [0, 0.05) is 27.8 Å². The third kappa shape index (κ3) is 3.50. The molecule has 0 spiro atoms. The Morgan fingerprint density at radius 1 is 1.33 bits per heavy atom. The van der Waals surface area contributed by atoms with Crippen molar-refractivity contribution in [2.75, 3.05) is 0 Å². The molecule has 0 atom stereocenters. The minimum Gasteiger partial charge on any atom is -0.871 e. The summed E-state index contributed by atoms with van der Waals surface area (Å²) >= 11 is 8.75. The maximum Gasteiger partial charge on any atom is 0.271 e. The summed E-state index contributed by atoms with van der Waals surface area (Å²) in [6.07, 6.45) is 1.14. The molecule has 8 heteroatoms. The predicted molar refractivity (Wildman–Crippen MR) is 80.6 cm³/mol. The number of aromatic hydroxyl groups is 1. The number of rotatable bonds is 3. The maximum atomic E-state index is 11.9. The number of phenols is 1. The summed E-state index contributed by atoms with van der Waals surface area (Å²) in [6.45, 7) is 0. The Morgan fingerprint density at radius 2 is 2.05 bits per heavy atom. The number of phenolic OH excluding ortho intramolecular Hbond substituents is 1. The third-order valence-corrected chi connectivity index (χ3v) is 3.37. The monoisotopic (exact) mass is 369 g/mol. The van der Waals surface area contributed by atoms with Crippen molar-refractivity contribution in [2.45, 2.75) is 0 Å². The molecular weight excluding hydrogens is 364 g/mol. The lowest BCUT2D eigenvalue weighted by Crippen LogP contribution is -1.99. The van der Waals surface area contributed by atoms with Gasteiger partial charge in [-0.15, -0.1) is 0 Å². The molecule has 0 aliphatic carbocycles. The van der Waals surface area contributed by atoms with E-state index in [1.54, 1.807) is 0 Å². The van der Waals surface area contributed by atoms with Crippen LogP contribution in [0.3, 0.4) is 0 Å². The van der Waals surface area contributed by atoms with Crippen LogP contribution in [-0.4, -0.2) is 16.2 Å². The van der Waals surface area contributed by atoms with Crippen LogP contribution in [0.2, 0.25) is 5.02 Å². The first-order chi connectivity index (χ1) is 9.88. The van der Waals surface area contributed by atoms with Gasteiger partial charge in [0.15, 0.2) is 0 Å². The van der Waals surface area contributed by atoms with Gasteiger partial charge >= 0.3 is 0 Å². The first-order valence-corrected chi connectivity index (χ1v) is 6.73. The van der Waals surface area contributed by atoms with Gasteiger partial charge in [-0.2, -0.15) is 0 Å². The number of non-ortho nitro benzene ring substituents is 1. The smallest absolute Gasteiger partial charge is 0.271 e. The van der Waals surface area contributed by atoms with Crippen molar-refractivity contribution >= 4 is 45.1 Å². The van der Waals surface area contributed by atoms with E-state index in [2.05, 4.69) is 20.9 Å². The fourth-order valence-electron chi connectivity index (χ4n) is 1.54. The number of nitrogens with zero attached hydrogens (tertiary/aromatic N) is 2. The molecule has 0 saturated heterocycles. The van der Waals surface area contributed by atoms with Gasteiger partial charge in [-0.1, -0.05) is 33.3 Å². The number of hydrogen-bond donors (Lipinski definition) is 1. The standard InChI is InChI=1S/C13H8BrClN2O4/c14-10-5-9(17(20)21)3-7(13(10)19)6-16-11-4-8(15)1-2-12(11)18/h1-6,18-19H/p-1. The van der Waals surface area contributed by atoms with E-state index in [-0.39, 0.29) is 27.2 Å². The second-order valence-corrected chi connectivity index (χ2v) is 5.29. The van der Waals surface area contributed by atoms with Gasteiger partial charge in [-0.25, -0.2) is 0 Å². The molecule has 108 valence electrons. The minimum atomic E-state index is -0.613. The molecule has 0 aliphatic heterocycles. The summed E-state index contributed by atoms with van der Waals surface area (Å²) in [7, 11) is 0. The molecule has 0 aliphatic rings. The fraction of sp³-hybridized carbons (Fsp3) is 0. The quantitative estimate of drug-likeness (QED) is 0.507. The Hall–Kier alpha value is -2.12. The number of benzene rings is 2. The van der Waals surface area contributed by atoms with Gasteiger partial charge in [-0.3, -0.25) is 15.1 Å². The summed E-state index contributed by atoms with van der Waals surface area (Å²) in [5, 5.41) is 32.6. The van der Waals surface area contributed by atoms with Crippen LogP contribution in [0.25, 0.3) is 0 Å². The Morgan fingerprint density at radius 3 is 2.71 bits per heavy atom. The van der Waals surface area contributed by atoms with Crippen molar-refractivity contribution in [1.29, 1.82) is 0 Å². The molecule has 0 bridgehead atoms. The van der Waals surface area contributed by atoms with E-state index < -0.39 is 10.7 Å². The molecule has 0 heterocycles. The highest BCUT2D eigenvalue weighted by molar-refractivity contribution is 9.10. The van der Waals surface area contributed by atoms with Crippen molar-refractivity contribution in [3.63, 3.8) is 0 Å². The van der Waals surface area contributed by atoms with Crippen molar-refractivity contribution < 1.29 is 15.1 Å². The fourth-order valence-corrected chi connectivity index (χ4v) is 2.17. The molecule has 2 aromatic rings. The molecule has 0 saturated carbocycles. The molecular formula is C13H7BrClN2O4-. The van der Waals surface area contributed by atoms with E-state index >= 15 is 0 Å². The average Bonchev–Trinajstić information content (AvgIpc) is 2.43. The zero-order valence-electron chi connectivity index (χ0n) is 10.3. The maximum absolute atomic E-state index is 11.9. The highest BCUT2D eigenvalue weighted by Gasteiger charge is 2.09. The molecule has 0 fully saturated rings. The topological polar surface area (TPSA) is 98.8 Å². The van der Waals surface area contributed by atoms with Gasteiger partial charge in [-0.05, 0) is 23.8 Å². The average molecular weight is 371 g/mol. The molecule has 2 rings (SSSR count). The van der Waals surface area contributed by atoms with Gasteiger partial charge in [0.05, 0.1) is 4.92 Å². The van der Waals surface area contributed by atoms with E-state index in [0.29, 0.717) is 5.02 Å². The lowest BCUT2D eigenvalue weighted by atomic mass is 10.2. The SMILES string of the molecule is O=[N+]([O-])c1cc(Br)c([O-])c(C=Nc2cc(Cl)ccc2O)c1. The Balaban J connectivity index is 2.45. The van der Waals surface area contributed by atoms with Crippen LogP contribution in [0.4, 0.5) is 11.4 Å². The van der Waals surface area contributed by atoms with Crippen LogP contribution < -0.4 is 5.11 Å². The highest BCUT2D eigenvalue weighted by atomic mass is 79.9. The van der Waals surface area contributed by atoms with E-state index in [0.717, 1.165) is 18.3 Å². The van der Waals surface area contributed by atoms with Gasteiger partial charge < -0.3 is 10.2 Å². The van der Waals surface area contributed by atoms with E-state index in [9.17, 15) is 20.3 Å². The first-order valence-electron chi connectivity index (χ1n) is 5.56. The Kier molecular flexibility index (Phi) is 4.44. The van der Waals surface area contributed by atoms with Crippen LogP contribution in [0.15, 0.2) is 39.8 Å². The van der Waals surface area contributed by atoms with E-state index in [4.69, 9.17) is 11.6 Å². The van der Waals surface area contributed by atoms with Crippen LogP contribution in [0.5, 0.6) is 11.5 Å². The zero-order valence-corrected chi connectivity index (χ0v) is 12.6. The number of nitro groups is 1. The molecule has 0 radical (unpaired) electrons. The van der Waals surface area contributed by atoms with E-state index in [1.165, 1.54) is 18.2 Å². The summed E-state index contributed by atoms with van der Waals surface area (Å²) in [5.74, 6) is -0.557. The summed E-state index contributed by atoms with van der Waals surface area (Å²) in [4.78, 5) is 14.1. The first kappa shape index (κ1) is 15.3. The molecule has 2 aromatic carbocycles. The Bertz CT molecular complexity index is 749. The normalized spacial score (nSPS) is 11.0. The van der Waals surface area contributed by atoms with Gasteiger partial charge in [0.2, 0.25) is 0 Å². The molecule has 0 aromatic heterocycles. The minimum absolute atomic E-state index is 0.0236. The van der Waals surface area contributed by atoms with E-state index in [1.807, 2.05) is 0 Å². The lowest BCUT2D eigenvalue weighted by Gasteiger charge is -2.12.